The molecule has 1 aromatic rings. The Bertz CT molecular complexity index is 850. The van der Waals surface area contributed by atoms with Crippen LogP contribution in [0, 0.1) is 28.6 Å². The van der Waals surface area contributed by atoms with Gasteiger partial charge in [0.05, 0.1) is 6.61 Å². The van der Waals surface area contributed by atoms with Crippen molar-refractivity contribution in [2.75, 3.05) is 13.2 Å². The van der Waals surface area contributed by atoms with Gasteiger partial charge in [-0.3, -0.25) is 4.90 Å². The molecule has 0 aromatic heterocycles. The van der Waals surface area contributed by atoms with Gasteiger partial charge in [-0.25, -0.2) is 0 Å². The SMILES string of the molecule is C=C(C)[C@H]1CC[C@@]2(C)[C@@H]3CC[C@]45CCC[C@H]4[C@@]2(CCCOCc2ccccc2)[C@@H]1N5C3. The molecule has 8 atom stereocenters. The van der Waals surface area contributed by atoms with Crippen molar-refractivity contribution in [1.29, 1.82) is 0 Å². The Morgan fingerprint density at radius 3 is 2.77 bits per heavy atom. The Morgan fingerprint density at radius 1 is 1.13 bits per heavy atom. The van der Waals surface area contributed by atoms with Crippen molar-refractivity contribution >= 4 is 0 Å². The van der Waals surface area contributed by atoms with Gasteiger partial charge in [0.2, 0.25) is 0 Å². The normalized spacial score (nSPS) is 46.8. The first-order valence-electron chi connectivity index (χ1n) is 13.1. The molecule has 5 bridgehead atoms. The predicted octanol–water partition coefficient (Wildman–Crippen LogP) is 6.61. The van der Waals surface area contributed by atoms with Gasteiger partial charge in [0.25, 0.3) is 0 Å². The smallest absolute Gasteiger partial charge is 0.0716 e. The van der Waals surface area contributed by atoms with Crippen LogP contribution < -0.4 is 0 Å². The van der Waals surface area contributed by atoms with Gasteiger partial charge in [-0.15, -0.1) is 0 Å². The number of fused-ring (bicyclic) bond motifs is 2. The van der Waals surface area contributed by atoms with E-state index in [1.54, 1.807) is 0 Å². The number of hydrogen-bond acceptors (Lipinski definition) is 2. The molecule has 31 heavy (non-hydrogen) atoms. The Balaban J connectivity index is 1.29. The summed E-state index contributed by atoms with van der Waals surface area (Å²) in [4.78, 5) is 3.11. The molecular weight excluding hydrogens is 378 g/mol. The molecule has 2 heteroatoms. The minimum absolute atomic E-state index is 0.487. The minimum atomic E-state index is 0.487. The standard InChI is InChI=1S/C29H41NO/c1-21(2)24-13-16-27(3)23-12-17-28-14-7-11-25(28)29(27,26(24)30(28)19-23)15-8-18-31-20-22-9-5-4-6-10-22/h4-6,9-10,23-26H,1,7-8,11-20H2,2-3H3/t23-,24-,25-,26-,27+,28-,29+/m1/s1. The van der Waals surface area contributed by atoms with Crippen molar-refractivity contribution in [1.82, 2.24) is 4.90 Å². The van der Waals surface area contributed by atoms with E-state index in [4.69, 9.17) is 4.74 Å². The third kappa shape index (κ3) is 2.58. The molecule has 6 rings (SSSR count). The summed E-state index contributed by atoms with van der Waals surface area (Å²) >= 11 is 0. The van der Waals surface area contributed by atoms with Crippen LogP contribution in [0.3, 0.4) is 0 Å². The first-order chi connectivity index (χ1) is 15.0. The van der Waals surface area contributed by atoms with Crippen molar-refractivity contribution in [2.45, 2.75) is 89.8 Å². The Kier molecular flexibility index (Phi) is 4.75. The molecule has 1 aromatic carbocycles. The van der Waals surface area contributed by atoms with Crippen LogP contribution in [-0.4, -0.2) is 29.6 Å². The molecule has 2 nitrogen and oxygen atoms in total. The lowest BCUT2D eigenvalue weighted by atomic mass is 9.42. The fourth-order valence-corrected chi connectivity index (χ4v) is 10.0. The maximum atomic E-state index is 6.19. The number of benzene rings is 1. The summed E-state index contributed by atoms with van der Waals surface area (Å²) in [7, 11) is 0. The van der Waals surface area contributed by atoms with Crippen molar-refractivity contribution in [3.63, 3.8) is 0 Å². The van der Waals surface area contributed by atoms with Crippen molar-refractivity contribution in [2.24, 2.45) is 28.6 Å². The Morgan fingerprint density at radius 2 is 1.97 bits per heavy atom. The second-order valence-corrected chi connectivity index (χ2v) is 12.0. The highest BCUT2D eigenvalue weighted by Crippen LogP contribution is 2.79. The number of nitrogens with zero attached hydrogens (tertiary/aromatic N) is 1. The zero-order chi connectivity index (χ0) is 21.3. The summed E-state index contributed by atoms with van der Waals surface area (Å²) in [5.41, 5.74) is 4.29. The molecule has 5 fully saturated rings. The second-order valence-electron chi connectivity index (χ2n) is 12.0. The van der Waals surface area contributed by atoms with Crippen LogP contribution in [0.25, 0.3) is 0 Å². The van der Waals surface area contributed by atoms with E-state index in [-0.39, 0.29) is 0 Å². The van der Waals surface area contributed by atoms with Gasteiger partial charge in [0.15, 0.2) is 0 Å². The fraction of sp³-hybridized carbons (Fsp3) is 0.724. The summed E-state index contributed by atoms with van der Waals surface area (Å²) in [5.74, 6) is 2.54. The molecule has 2 aliphatic carbocycles. The molecule has 3 saturated heterocycles. The fourth-order valence-electron chi connectivity index (χ4n) is 10.0. The van der Waals surface area contributed by atoms with Gasteiger partial charge in [-0.1, -0.05) is 55.8 Å². The summed E-state index contributed by atoms with van der Waals surface area (Å²) in [6, 6.07) is 11.4. The van der Waals surface area contributed by atoms with E-state index in [9.17, 15) is 0 Å². The highest BCUT2D eigenvalue weighted by molar-refractivity contribution is 5.32. The first-order valence-corrected chi connectivity index (χ1v) is 13.1. The zero-order valence-electron chi connectivity index (χ0n) is 19.7. The molecule has 3 aliphatic heterocycles. The van der Waals surface area contributed by atoms with Gasteiger partial charge in [-0.05, 0) is 92.4 Å². The van der Waals surface area contributed by atoms with E-state index in [1.165, 1.54) is 75.5 Å². The molecule has 2 saturated carbocycles. The third-order valence-corrected chi connectivity index (χ3v) is 11.1. The molecule has 3 heterocycles. The van der Waals surface area contributed by atoms with Gasteiger partial charge in [-0.2, -0.15) is 0 Å². The molecule has 0 N–H and O–H groups in total. The summed E-state index contributed by atoms with van der Waals surface area (Å²) in [6.45, 7) is 12.6. The number of rotatable bonds is 7. The average molecular weight is 420 g/mol. The topological polar surface area (TPSA) is 12.5 Å². The van der Waals surface area contributed by atoms with E-state index >= 15 is 0 Å². The molecule has 0 amide bonds. The zero-order valence-corrected chi connectivity index (χ0v) is 19.7. The molecule has 1 spiro atoms. The molecular formula is C29H41NO. The minimum Gasteiger partial charge on any atom is -0.377 e. The lowest BCUT2D eigenvalue weighted by Gasteiger charge is -2.66. The van der Waals surface area contributed by atoms with Gasteiger partial charge in [0.1, 0.15) is 0 Å². The monoisotopic (exact) mass is 419 g/mol. The number of hydrogen-bond donors (Lipinski definition) is 0. The van der Waals surface area contributed by atoms with Gasteiger partial charge < -0.3 is 4.74 Å². The van der Waals surface area contributed by atoms with Crippen LogP contribution in [0.4, 0.5) is 0 Å². The number of piperidine rings is 2. The summed E-state index contributed by atoms with van der Waals surface area (Å²) < 4.78 is 6.19. The molecule has 5 aliphatic rings. The quantitative estimate of drug-likeness (QED) is 0.364. The van der Waals surface area contributed by atoms with Crippen LogP contribution in [0.15, 0.2) is 42.5 Å². The Hall–Kier alpha value is -1.12. The molecule has 168 valence electrons. The van der Waals surface area contributed by atoms with E-state index in [0.717, 1.165) is 31.1 Å². The van der Waals surface area contributed by atoms with Crippen LogP contribution >= 0.6 is 0 Å². The summed E-state index contributed by atoms with van der Waals surface area (Å²) in [5, 5.41) is 0. The van der Waals surface area contributed by atoms with E-state index in [1.807, 2.05) is 0 Å². The highest BCUT2D eigenvalue weighted by atomic mass is 16.5. The van der Waals surface area contributed by atoms with E-state index < -0.39 is 0 Å². The predicted molar refractivity (Wildman–Crippen MR) is 127 cm³/mol. The first kappa shape index (κ1) is 20.5. The van der Waals surface area contributed by atoms with Crippen LogP contribution in [-0.2, 0) is 11.3 Å². The van der Waals surface area contributed by atoms with Gasteiger partial charge >= 0.3 is 0 Å². The van der Waals surface area contributed by atoms with Crippen molar-refractivity contribution in [3.8, 4) is 0 Å². The highest BCUT2D eigenvalue weighted by Gasteiger charge is 2.79. The molecule has 1 unspecified atom stereocenters. The van der Waals surface area contributed by atoms with Crippen molar-refractivity contribution in [3.05, 3.63) is 48.0 Å². The maximum Gasteiger partial charge on any atom is 0.0716 e. The average Bonchev–Trinajstić information content (AvgIpc) is 3.24. The van der Waals surface area contributed by atoms with Gasteiger partial charge in [0, 0.05) is 24.7 Å². The van der Waals surface area contributed by atoms with Crippen LogP contribution in [0.1, 0.15) is 77.2 Å². The van der Waals surface area contributed by atoms with Crippen molar-refractivity contribution < 1.29 is 4.74 Å². The molecule has 0 radical (unpaired) electrons. The largest absolute Gasteiger partial charge is 0.377 e. The Labute approximate surface area is 189 Å². The number of ether oxygens (including phenoxy) is 1. The van der Waals surface area contributed by atoms with E-state index in [0.29, 0.717) is 22.3 Å². The summed E-state index contributed by atoms with van der Waals surface area (Å²) in [6.07, 6.45) is 12.7. The van der Waals surface area contributed by atoms with Crippen LogP contribution in [0.5, 0.6) is 0 Å². The second kappa shape index (κ2) is 7.19. The lowest BCUT2D eigenvalue weighted by Crippen LogP contribution is -2.68. The third-order valence-electron chi connectivity index (χ3n) is 11.1. The lowest BCUT2D eigenvalue weighted by molar-refractivity contribution is -0.171. The van der Waals surface area contributed by atoms with E-state index in [2.05, 4.69) is 55.7 Å². The maximum absolute atomic E-state index is 6.19. The van der Waals surface area contributed by atoms with Crippen LogP contribution in [0.2, 0.25) is 0 Å².